The Morgan fingerprint density at radius 3 is 2.71 bits per heavy atom. The maximum Gasteiger partial charge on any atom is 0.255 e. The van der Waals surface area contributed by atoms with Gasteiger partial charge in [0.05, 0.1) is 30.1 Å². The summed E-state index contributed by atoms with van der Waals surface area (Å²) in [5.41, 5.74) is 3.00. The van der Waals surface area contributed by atoms with Gasteiger partial charge in [0.15, 0.2) is 5.82 Å². The number of anilines is 2. The lowest BCUT2D eigenvalue weighted by atomic mass is 9.95. The molecule has 2 aromatic carbocycles. The number of nitrogens with zero attached hydrogens (tertiary/aromatic N) is 4. The first-order valence-electron chi connectivity index (χ1n) is 10.7. The summed E-state index contributed by atoms with van der Waals surface area (Å²) in [5, 5.41) is 11.8. The number of methoxy groups -OCH3 is 1. The monoisotopic (exact) mass is 506 g/mol. The summed E-state index contributed by atoms with van der Waals surface area (Å²) in [7, 11) is 1.59. The van der Waals surface area contributed by atoms with Gasteiger partial charge in [-0.3, -0.25) is 9.78 Å². The van der Waals surface area contributed by atoms with Gasteiger partial charge in [0.1, 0.15) is 11.8 Å². The normalized spacial score (nSPS) is 14.8. The van der Waals surface area contributed by atoms with Crippen LogP contribution < -0.4 is 15.4 Å². The zero-order valence-corrected chi connectivity index (χ0v) is 20.3. The number of hydrogen-bond acceptors (Lipinski definition) is 6. The lowest BCUT2D eigenvalue weighted by Gasteiger charge is -2.29. The molecule has 3 heterocycles. The van der Waals surface area contributed by atoms with Gasteiger partial charge in [-0.2, -0.15) is 4.98 Å². The van der Waals surface area contributed by atoms with Crippen molar-refractivity contribution in [1.29, 1.82) is 0 Å². The van der Waals surface area contributed by atoms with Crippen molar-refractivity contribution < 1.29 is 9.53 Å². The lowest BCUT2D eigenvalue weighted by Crippen LogP contribution is -2.31. The molecule has 1 atom stereocenters. The maximum absolute atomic E-state index is 13.5. The number of ether oxygens (including phenoxy) is 1. The van der Waals surface area contributed by atoms with E-state index in [-0.39, 0.29) is 5.91 Å². The number of hydrogen-bond donors (Lipinski definition) is 2. The molecule has 0 fully saturated rings. The lowest BCUT2D eigenvalue weighted by molar-refractivity contribution is -0.113. The van der Waals surface area contributed by atoms with Crippen molar-refractivity contribution in [3.8, 4) is 17.1 Å². The first-order chi connectivity index (χ1) is 17.0. The fraction of sp³-hybridized carbons (Fsp3) is 0.120. The fourth-order valence-corrected chi connectivity index (χ4v) is 4.55. The number of aromatic nitrogens is 4. The van der Waals surface area contributed by atoms with E-state index in [9.17, 15) is 4.79 Å². The molecule has 1 amide bonds. The van der Waals surface area contributed by atoms with E-state index in [1.54, 1.807) is 54.5 Å². The van der Waals surface area contributed by atoms with E-state index in [1.807, 2.05) is 31.2 Å². The number of rotatable bonds is 5. The second-order valence-corrected chi connectivity index (χ2v) is 8.68. The van der Waals surface area contributed by atoms with E-state index in [0.29, 0.717) is 50.1 Å². The molecule has 2 aromatic heterocycles. The summed E-state index contributed by atoms with van der Waals surface area (Å²) < 4.78 is 7.15. The Bertz CT molecular complexity index is 1450. The number of nitrogens with one attached hydrogen (secondary N) is 2. The molecule has 0 aliphatic carbocycles. The van der Waals surface area contributed by atoms with Gasteiger partial charge < -0.3 is 15.4 Å². The number of pyridine rings is 1. The molecule has 0 saturated carbocycles. The van der Waals surface area contributed by atoms with Crippen LogP contribution >= 0.6 is 23.2 Å². The molecule has 176 valence electrons. The Labute approximate surface area is 211 Å². The number of benzene rings is 2. The minimum Gasteiger partial charge on any atom is -0.496 e. The second kappa shape index (κ2) is 9.40. The Kier molecular flexibility index (Phi) is 6.15. The van der Waals surface area contributed by atoms with Crippen molar-refractivity contribution in [2.24, 2.45) is 0 Å². The Hall–Kier alpha value is -3.88. The minimum absolute atomic E-state index is 0.320. The van der Waals surface area contributed by atoms with Gasteiger partial charge in [0.2, 0.25) is 5.95 Å². The van der Waals surface area contributed by atoms with Crippen molar-refractivity contribution in [3.63, 3.8) is 0 Å². The highest BCUT2D eigenvalue weighted by atomic mass is 35.5. The number of para-hydroxylation sites is 1. The van der Waals surface area contributed by atoms with E-state index in [0.717, 1.165) is 5.56 Å². The van der Waals surface area contributed by atoms with Crippen LogP contribution in [0.2, 0.25) is 10.0 Å². The van der Waals surface area contributed by atoms with E-state index in [4.69, 9.17) is 38.0 Å². The summed E-state index contributed by atoms with van der Waals surface area (Å²) in [6.07, 6.45) is 3.22. The van der Waals surface area contributed by atoms with Crippen LogP contribution in [-0.2, 0) is 4.79 Å². The third kappa shape index (κ3) is 4.34. The van der Waals surface area contributed by atoms with Crippen molar-refractivity contribution in [1.82, 2.24) is 19.7 Å². The SMILES string of the molecule is COc1ccccc1-c1nc2n(n1)C(c1ccc(Cl)cc1Cl)C(C(=O)Nc1cccnc1)=C(C)N2. The topological polar surface area (TPSA) is 94.0 Å². The van der Waals surface area contributed by atoms with Gasteiger partial charge in [-0.1, -0.05) is 41.4 Å². The van der Waals surface area contributed by atoms with Crippen LogP contribution in [0.15, 0.2) is 78.3 Å². The van der Waals surface area contributed by atoms with Gasteiger partial charge in [-0.05, 0) is 43.3 Å². The van der Waals surface area contributed by atoms with Crippen LogP contribution in [-0.4, -0.2) is 32.8 Å². The smallest absolute Gasteiger partial charge is 0.255 e. The van der Waals surface area contributed by atoms with Gasteiger partial charge in [0, 0.05) is 27.5 Å². The summed E-state index contributed by atoms with van der Waals surface area (Å²) >= 11 is 12.8. The van der Waals surface area contributed by atoms with Crippen LogP contribution in [0.3, 0.4) is 0 Å². The van der Waals surface area contributed by atoms with Crippen molar-refractivity contribution in [2.75, 3.05) is 17.7 Å². The molecule has 1 aliphatic heterocycles. The predicted molar refractivity (Wildman–Crippen MR) is 136 cm³/mol. The van der Waals surface area contributed by atoms with E-state index in [1.165, 1.54) is 0 Å². The van der Waals surface area contributed by atoms with Gasteiger partial charge in [0.25, 0.3) is 5.91 Å². The second-order valence-electron chi connectivity index (χ2n) is 7.83. The number of carbonyl (C=O) groups excluding carboxylic acids is 1. The first-order valence-corrected chi connectivity index (χ1v) is 11.5. The van der Waals surface area contributed by atoms with E-state index in [2.05, 4.69) is 15.6 Å². The van der Waals surface area contributed by atoms with Crippen LogP contribution in [0.4, 0.5) is 11.6 Å². The molecule has 0 saturated heterocycles. The minimum atomic E-state index is -0.663. The maximum atomic E-state index is 13.5. The Balaban J connectivity index is 1.65. The molecule has 35 heavy (non-hydrogen) atoms. The van der Waals surface area contributed by atoms with Gasteiger partial charge in [-0.25, -0.2) is 4.68 Å². The quantitative estimate of drug-likeness (QED) is 0.366. The predicted octanol–water partition coefficient (Wildman–Crippen LogP) is 5.58. The zero-order valence-electron chi connectivity index (χ0n) is 18.8. The summed E-state index contributed by atoms with van der Waals surface area (Å²) in [6.45, 7) is 1.82. The number of carbonyl (C=O) groups is 1. The fourth-order valence-electron chi connectivity index (χ4n) is 4.03. The van der Waals surface area contributed by atoms with Crippen molar-refractivity contribution in [3.05, 3.63) is 93.9 Å². The molecule has 1 aliphatic rings. The number of amides is 1. The largest absolute Gasteiger partial charge is 0.496 e. The highest BCUT2D eigenvalue weighted by molar-refractivity contribution is 6.35. The first kappa shape index (κ1) is 22.9. The number of halogens is 2. The third-order valence-corrected chi connectivity index (χ3v) is 6.18. The molecular weight excluding hydrogens is 487 g/mol. The molecule has 0 spiro atoms. The molecule has 0 bridgehead atoms. The molecule has 0 radical (unpaired) electrons. The molecule has 10 heteroatoms. The molecular formula is C25H20Cl2N6O2. The van der Waals surface area contributed by atoms with Gasteiger partial charge in [-0.15, -0.1) is 5.10 Å². The number of allylic oxidation sites excluding steroid dienone is 1. The molecule has 4 aromatic rings. The summed E-state index contributed by atoms with van der Waals surface area (Å²) in [4.78, 5) is 22.3. The summed E-state index contributed by atoms with van der Waals surface area (Å²) in [6, 6.07) is 15.5. The van der Waals surface area contributed by atoms with Crippen molar-refractivity contribution in [2.45, 2.75) is 13.0 Å². The number of fused-ring (bicyclic) bond motifs is 1. The highest BCUT2D eigenvalue weighted by Gasteiger charge is 2.36. The summed E-state index contributed by atoms with van der Waals surface area (Å²) in [5.74, 6) is 1.23. The Morgan fingerprint density at radius 1 is 1.14 bits per heavy atom. The van der Waals surface area contributed by atoms with Crippen LogP contribution in [0.5, 0.6) is 5.75 Å². The molecule has 2 N–H and O–H groups in total. The van der Waals surface area contributed by atoms with Crippen LogP contribution in [0, 0.1) is 0 Å². The average molecular weight is 507 g/mol. The Morgan fingerprint density at radius 2 is 1.97 bits per heavy atom. The van der Waals surface area contributed by atoms with E-state index >= 15 is 0 Å². The molecule has 5 rings (SSSR count). The van der Waals surface area contributed by atoms with Crippen molar-refractivity contribution >= 4 is 40.7 Å². The highest BCUT2D eigenvalue weighted by Crippen LogP contribution is 2.40. The van der Waals surface area contributed by atoms with Crippen LogP contribution in [0.25, 0.3) is 11.4 Å². The third-order valence-electron chi connectivity index (χ3n) is 5.62. The zero-order chi connectivity index (χ0) is 24.5. The molecule has 1 unspecified atom stereocenters. The van der Waals surface area contributed by atoms with E-state index < -0.39 is 6.04 Å². The standard InChI is InChI=1S/C25H20Cl2N6O2/c1-14-21(24(34)30-16-6-5-11-28-13-16)22(17-10-9-15(26)12-19(17)27)33-25(29-14)31-23(32-33)18-7-3-4-8-20(18)35-2/h3-13,22H,1-2H3,(H,30,34)(H,29,31,32). The molecule has 8 nitrogen and oxygen atoms in total. The average Bonchev–Trinajstić information content (AvgIpc) is 3.27. The van der Waals surface area contributed by atoms with Crippen LogP contribution in [0.1, 0.15) is 18.5 Å². The van der Waals surface area contributed by atoms with Gasteiger partial charge >= 0.3 is 0 Å².